The molecule has 0 saturated carbocycles. The summed E-state index contributed by atoms with van der Waals surface area (Å²) >= 11 is 2.43. The van der Waals surface area contributed by atoms with Crippen molar-refractivity contribution in [1.29, 1.82) is 0 Å². The third-order valence-corrected chi connectivity index (χ3v) is 2.25. The highest BCUT2D eigenvalue weighted by Gasteiger charge is 2.12. The summed E-state index contributed by atoms with van der Waals surface area (Å²) in [7, 11) is 0. The number of allylic oxidation sites excluding steroid dienone is 1. The molecule has 2 heteroatoms. The minimum Gasteiger partial charge on any atom is -0.498 e. The van der Waals surface area contributed by atoms with Gasteiger partial charge in [-0.05, 0) is 6.42 Å². The molecule has 0 aromatic carbocycles. The number of hydrogen-bond acceptors (Lipinski definition) is 1. The molecule has 0 unspecified atom stereocenters. The van der Waals surface area contributed by atoms with Gasteiger partial charge in [-0.1, -0.05) is 29.2 Å². The average molecular weight is 224 g/mol. The van der Waals surface area contributed by atoms with Crippen LogP contribution in [0.2, 0.25) is 0 Å². The van der Waals surface area contributed by atoms with Crippen LogP contribution in [0.4, 0.5) is 0 Å². The molecule has 0 spiro atoms. The summed E-state index contributed by atoms with van der Waals surface area (Å²) in [5.41, 5.74) is 0. The van der Waals surface area contributed by atoms with Crippen LogP contribution in [0.5, 0.6) is 0 Å². The first-order valence-electron chi connectivity index (χ1n) is 2.73. The largest absolute Gasteiger partial charge is 0.498 e. The Morgan fingerprint density at radius 2 is 2.50 bits per heavy atom. The van der Waals surface area contributed by atoms with Crippen molar-refractivity contribution in [1.82, 2.24) is 0 Å². The average Bonchev–Trinajstić information content (AvgIpc) is 1.64. The Hall–Kier alpha value is 0.270. The van der Waals surface area contributed by atoms with Crippen molar-refractivity contribution in [3.63, 3.8) is 0 Å². The first-order valence-corrected chi connectivity index (χ1v) is 3.98. The monoisotopic (exact) mass is 224 g/mol. The zero-order chi connectivity index (χ0) is 5.98. The van der Waals surface area contributed by atoms with Gasteiger partial charge in [0.2, 0.25) is 0 Å². The second kappa shape index (κ2) is 2.71. The standard InChI is InChI=1S/C6H9IO/c1-5-4-6(7)2-3-8-5/h6H,1-4H2/t6-/m1/s1. The van der Waals surface area contributed by atoms with Gasteiger partial charge in [0.05, 0.1) is 12.4 Å². The zero-order valence-corrected chi connectivity index (χ0v) is 6.85. The molecule has 0 bridgehead atoms. The fraction of sp³-hybridized carbons (Fsp3) is 0.667. The molecule has 1 atom stereocenters. The van der Waals surface area contributed by atoms with E-state index in [1.807, 2.05) is 0 Å². The predicted octanol–water partition coefficient (Wildman–Crippen LogP) is 2.11. The minimum atomic E-state index is 0.758. The Morgan fingerprint density at radius 1 is 1.75 bits per heavy atom. The molecular formula is C6H9IO. The van der Waals surface area contributed by atoms with Crippen LogP contribution in [0.1, 0.15) is 12.8 Å². The van der Waals surface area contributed by atoms with Crippen LogP contribution < -0.4 is 0 Å². The smallest absolute Gasteiger partial charge is 0.0898 e. The van der Waals surface area contributed by atoms with Crippen molar-refractivity contribution in [2.24, 2.45) is 0 Å². The number of ether oxygens (including phenoxy) is 1. The van der Waals surface area contributed by atoms with Crippen LogP contribution >= 0.6 is 22.6 Å². The third-order valence-electron chi connectivity index (χ3n) is 1.19. The van der Waals surface area contributed by atoms with Gasteiger partial charge in [-0.25, -0.2) is 0 Å². The van der Waals surface area contributed by atoms with E-state index in [0.717, 1.165) is 22.7 Å². The Balaban J connectivity index is 2.34. The molecular weight excluding hydrogens is 215 g/mol. The summed E-state index contributed by atoms with van der Waals surface area (Å²) in [6, 6.07) is 0. The Kier molecular flexibility index (Phi) is 2.16. The normalized spacial score (nSPS) is 29.6. The van der Waals surface area contributed by atoms with E-state index >= 15 is 0 Å². The van der Waals surface area contributed by atoms with Gasteiger partial charge in [0.1, 0.15) is 0 Å². The van der Waals surface area contributed by atoms with E-state index < -0.39 is 0 Å². The van der Waals surface area contributed by atoms with E-state index in [1.165, 1.54) is 6.42 Å². The molecule has 8 heavy (non-hydrogen) atoms. The van der Waals surface area contributed by atoms with Crippen LogP contribution in [0.3, 0.4) is 0 Å². The minimum absolute atomic E-state index is 0.758. The van der Waals surface area contributed by atoms with Crippen molar-refractivity contribution in [3.05, 3.63) is 12.3 Å². The predicted molar refractivity (Wildman–Crippen MR) is 42.1 cm³/mol. The number of rotatable bonds is 0. The Labute approximate surface area is 63.2 Å². The van der Waals surface area contributed by atoms with Gasteiger partial charge in [0.15, 0.2) is 0 Å². The highest BCUT2D eigenvalue weighted by atomic mass is 127. The SMILES string of the molecule is C=C1C[C@H](I)CCO1. The molecule has 46 valence electrons. The summed E-state index contributed by atoms with van der Waals surface area (Å²) in [4.78, 5) is 0. The molecule has 1 heterocycles. The molecule has 1 nitrogen and oxygen atoms in total. The quantitative estimate of drug-likeness (QED) is 0.452. The van der Waals surface area contributed by atoms with E-state index in [9.17, 15) is 0 Å². The van der Waals surface area contributed by atoms with E-state index in [0.29, 0.717) is 0 Å². The fourth-order valence-electron chi connectivity index (χ4n) is 0.739. The molecule has 1 aliphatic heterocycles. The maximum absolute atomic E-state index is 5.15. The van der Waals surface area contributed by atoms with Gasteiger partial charge in [0, 0.05) is 10.3 Å². The van der Waals surface area contributed by atoms with Gasteiger partial charge in [0.25, 0.3) is 0 Å². The van der Waals surface area contributed by atoms with Gasteiger partial charge in [-0.15, -0.1) is 0 Å². The maximum atomic E-state index is 5.15. The zero-order valence-electron chi connectivity index (χ0n) is 4.69. The Morgan fingerprint density at radius 3 is 2.88 bits per heavy atom. The van der Waals surface area contributed by atoms with Gasteiger partial charge in [-0.3, -0.25) is 0 Å². The molecule has 0 N–H and O–H groups in total. The van der Waals surface area contributed by atoms with Gasteiger partial charge in [-0.2, -0.15) is 0 Å². The summed E-state index contributed by atoms with van der Waals surface area (Å²) in [6.07, 6.45) is 2.22. The van der Waals surface area contributed by atoms with E-state index in [4.69, 9.17) is 4.74 Å². The molecule has 1 fully saturated rings. The van der Waals surface area contributed by atoms with Crippen LogP contribution in [0.15, 0.2) is 12.3 Å². The molecule has 1 rings (SSSR count). The number of hydrogen-bond donors (Lipinski definition) is 0. The van der Waals surface area contributed by atoms with Crippen LogP contribution in [-0.4, -0.2) is 10.5 Å². The van der Waals surface area contributed by atoms with Crippen molar-refractivity contribution < 1.29 is 4.74 Å². The lowest BCUT2D eigenvalue weighted by Crippen LogP contribution is -2.12. The maximum Gasteiger partial charge on any atom is 0.0898 e. The molecule has 0 aliphatic carbocycles. The third kappa shape index (κ3) is 1.65. The fourth-order valence-corrected chi connectivity index (χ4v) is 1.48. The van der Waals surface area contributed by atoms with E-state index in [2.05, 4.69) is 29.2 Å². The van der Waals surface area contributed by atoms with Crippen molar-refractivity contribution >= 4 is 22.6 Å². The lowest BCUT2D eigenvalue weighted by Gasteiger charge is -2.18. The lowest BCUT2D eigenvalue weighted by molar-refractivity contribution is 0.173. The van der Waals surface area contributed by atoms with Crippen LogP contribution in [0, 0.1) is 0 Å². The molecule has 0 aromatic rings. The van der Waals surface area contributed by atoms with Crippen molar-refractivity contribution in [2.45, 2.75) is 16.8 Å². The summed E-state index contributed by atoms with van der Waals surface area (Å²) in [5.74, 6) is 0.954. The van der Waals surface area contributed by atoms with Crippen molar-refractivity contribution in [2.75, 3.05) is 6.61 Å². The molecule has 1 saturated heterocycles. The molecule has 1 aliphatic rings. The summed E-state index contributed by atoms with van der Waals surface area (Å²) in [6.45, 7) is 4.61. The van der Waals surface area contributed by atoms with Gasteiger partial charge >= 0.3 is 0 Å². The summed E-state index contributed by atoms with van der Waals surface area (Å²) in [5, 5.41) is 0. The number of halogens is 1. The second-order valence-electron chi connectivity index (χ2n) is 1.98. The molecule has 0 radical (unpaired) electrons. The number of alkyl halides is 1. The highest BCUT2D eigenvalue weighted by Crippen LogP contribution is 2.21. The van der Waals surface area contributed by atoms with Gasteiger partial charge < -0.3 is 4.74 Å². The van der Waals surface area contributed by atoms with Crippen LogP contribution in [-0.2, 0) is 4.74 Å². The highest BCUT2D eigenvalue weighted by molar-refractivity contribution is 14.1. The first kappa shape index (κ1) is 6.39. The summed E-state index contributed by atoms with van der Waals surface area (Å²) < 4.78 is 5.91. The Bertz CT molecular complexity index is 101. The second-order valence-corrected chi connectivity index (χ2v) is 3.74. The van der Waals surface area contributed by atoms with Crippen LogP contribution in [0.25, 0.3) is 0 Å². The first-order chi connectivity index (χ1) is 3.79. The topological polar surface area (TPSA) is 9.23 Å². The molecule has 0 amide bonds. The molecule has 0 aromatic heterocycles. The van der Waals surface area contributed by atoms with Crippen molar-refractivity contribution in [3.8, 4) is 0 Å². The van der Waals surface area contributed by atoms with E-state index in [1.54, 1.807) is 0 Å². The lowest BCUT2D eigenvalue weighted by atomic mass is 10.2. The van der Waals surface area contributed by atoms with E-state index in [-0.39, 0.29) is 0 Å².